The van der Waals surface area contributed by atoms with Crippen molar-refractivity contribution < 1.29 is 9.59 Å². The van der Waals surface area contributed by atoms with Crippen molar-refractivity contribution in [1.29, 1.82) is 0 Å². The summed E-state index contributed by atoms with van der Waals surface area (Å²) in [6.45, 7) is 6.48. The number of hydrogen-bond donors (Lipinski definition) is 2. The molecule has 2 aliphatic rings. The van der Waals surface area contributed by atoms with E-state index in [0.29, 0.717) is 24.2 Å². The van der Waals surface area contributed by atoms with Gasteiger partial charge in [-0.1, -0.05) is 59.8 Å². The second kappa shape index (κ2) is 11.7. The highest BCUT2D eigenvalue weighted by atomic mass is 32.2. The minimum atomic E-state index is -0.413. The number of pyridine rings is 1. The Morgan fingerprint density at radius 1 is 1.00 bits per heavy atom. The summed E-state index contributed by atoms with van der Waals surface area (Å²) in [5.41, 5.74) is 6.90. The molecule has 0 unspecified atom stereocenters. The van der Waals surface area contributed by atoms with Gasteiger partial charge in [-0.3, -0.25) is 14.6 Å². The van der Waals surface area contributed by atoms with Gasteiger partial charge in [0.2, 0.25) is 5.91 Å². The van der Waals surface area contributed by atoms with E-state index in [9.17, 15) is 9.59 Å². The molecule has 0 aliphatic carbocycles. The number of nitrogens with one attached hydrogen (secondary N) is 2. The summed E-state index contributed by atoms with van der Waals surface area (Å²) in [7, 11) is 0. The number of para-hydroxylation sites is 1. The molecule has 0 bridgehead atoms. The quantitative estimate of drug-likeness (QED) is 0.387. The van der Waals surface area contributed by atoms with Crippen LogP contribution in [0.25, 0.3) is 0 Å². The number of anilines is 1. The summed E-state index contributed by atoms with van der Waals surface area (Å²) in [6, 6.07) is 21.0. The average molecular weight is 538 g/mol. The molecule has 0 spiro atoms. The van der Waals surface area contributed by atoms with Crippen LogP contribution in [0.15, 0.2) is 100 Å². The Hall–Kier alpha value is -4.17. The van der Waals surface area contributed by atoms with Gasteiger partial charge < -0.3 is 15.5 Å². The molecule has 0 radical (unpaired) electrons. The number of allylic oxidation sites excluding steroid dienone is 1. The van der Waals surface area contributed by atoms with Gasteiger partial charge in [-0.2, -0.15) is 0 Å². The molecule has 0 saturated heterocycles. The third-order valence-electron chi connectivity index (χ3n) is 6.78. The summed E-state index contributed by atoms with van der Waals surface area (Å²) >= 11 is 1.49. The number of fused-ring (bicyclic) bond motifs is 1. The molecule has 1 aromatic heterocycles. The van der Waals surface area contributed by atoms with Crippen LogP contribution in [-0.2, 0) is 16.0 Å². The van der Waals surface area contributed by atoms with E-state index in [1.807, 2.05) is 67.8 Å². The highest BCUT2D eigenvalue weighted by Crippen LogP contribution is 2.45. The van der Waals surface area contributed by atoms with Crippen molar-refractivity contribution in [3.63, 3.8) is 0 Å². The molecule has 0 fully saturated rings. The molecule has 2 N–H and O–H groups in total. The van der Waals surface area contributed by atoms with Crippen LogP contribution in [0.4, 0.5) is 5.69 Å². The Balaban J connectivity index is 1.42. The first-order valence-electron chi connectivity index (χ1n) is 13.0. The summed E-state index contributed by atoms with van der Waals surface area (Å²) in [5, 5.41) is 8.81. The number of aliphatic imine (C=N–C) groups is 1. The summed E-state index contributed by atoms with van der Waals surface area (Å²) in [4.78, 5) is 38.0. The third-order valence-corrected chi connectivity index (χ3v) is 7.67. The van der Waals surface area contributed by atoms with Crippen LogP contribution in [0, 0.1) is 13.8 Å². The van der Waals surface area contributed by atoms with Crippen molar-refractivity contribution in [2.45, 2.75) is 39.7 Å². The highest BCUT2D eigenvalue weighted by Gasteiger charge is 2.41. The molecule has 5 rings (SSSR count). The molecule has 198 valence electrons. The molecular weight excluding hydrogens is 506 g/mol. The lowest BCUT2D eigenvalue weighted by atomic mass is 9.89. The molecular formula is C31H31N5O2S. The Morgan fingerprint density at radius 3 is 2.56 bits per heavy atom. The zero-order valence-corrected chi connectivity index (χ0v) is 23.1. The Kier molecular flexibility index (Phi) is 7.93. The van der Waals surface area contributed by atoms with Gasteiger partial charge in [0, 0.05) is 36.2 Å². The number of rotatable bonds is 8. The monoisotopic (exact) mass is 537 g/mol. The van der Waals surface area contributed by atoms with Gasteiger partial charge in [0.1, 0.15) is 0 Å². The predicted molar refractivity (Wildman–Crippen MR) is 157 cm³/mol. The molecule has 0 saturated carbocycles. The molecule has 2 amide bonds. The number of benzene rings is 2. The van der Waals surface area contributed by atoms with Crippen LogP contribution in [0.2, 0.25) is 0 Å². The number of carbonyl (C=O) groups excluding carboxylic acids is 2. The average Bonchev–Trinajstić information content (AvgIpc) is 3.32. The number of thioether (sulfide) groups is 1. The molecule has 1 atom stereocenters. The van der Waals surface area contributed by atoms with Crippen LogP contribution >= 0.6 is 11.8 Å². The van der Waals surface area contributed by atoms with Gasteiger partial charge in [-0.05, 0) is 61.6 Å². The Labute approximate surface area is 233 Å². The van der Waals surface area contributed by atoms with Gasteiger partial charge in [0.25, 0.3) is 5.91 Å². The molecule has 2 aromatic carbocycles. The number of amides is 2. The van der Waals surface area contributed by atoms with E-state index in [4.69, 9.17) is 4.99 Å². The van der Waals surface area contributed by atoms with Crippen LogP contribution in [0.1, 0.15) is 41.8 Å². The van der Waals surface area contributed by atoms with Crippen molar-refractivity contribution in [2.24, 2.45) is 4.99 Å². The van der Waals surface area contributed by atoms with Crippen molar-refractivity contribution in [3.05, 3.63) is 118 Å². The van der Waals surface area contributed by atoms with E-state index in [-0.39, 0.29) is 18.2 Å². The first kappa shape index (κ1) is 26.4. The molecule has 3 aromatic rings. The smallest absolute Gasteiger partial charge is 0.255 e. The maximum atomic E-state index is 13.8. The summed E-state index contributed by atoms with van der Waals surface area (Å²) in [5.74, 6) is -0.288. The van der Waals surface area contributed by atoms with Crippen molar-refractivity contribution in [3.8, 4) is 0 Å². The summed E-state index contributed by atoms with van der Waals surface area (Å²) in [6.07, 6.45) is 2.60. The van der Waals surface area contributed by atoms with Crippen molar-refractivity contribution in [2.75, 3.05) is 11.9 Å². The normalized spacial score (nSPS) is 16.4. The largest absolute Gasteiger partial charge is 0.355 e. The van der Waals surface area contributed by atoms with E-state index >= 15 is 0 Å². The molecule has 2 aliphatic heterocycles. The van der Waals surface area contributed by atoms with E-state index in [1.165, 1.54) is 11.8 Å². The number of nitrogens with zero attached hydrogens (tertiary/aromatic N) is 3. The molecule has 3 heterocycles. The van der Waals surface area contributed by atoms with Crippen molar-refractivity contribution in [1.82, 2.24) is 15.2 Å². The van der Waals surface area contributed by atoms with Gasteiger partial charge in [0.05, 0.1) is 23.7 Å². The fourth-order valence-electron chi connectivity index (χ4n) is 4.83. The van der Waals surface area contributed by atoms with Crippen LogP contribution in [0.3, 0.4) is 0 Å². The second-order valence-corrected chi connectivity index (χ2v) is 10.5. The highest BCUT2D eigenvalue weighted by molar-refractivity contribution is 8.16. The van der Waals surface area contributed by atoms with Crippen LogP contribution < -0.4 is 10.6 Å². The second-order valence-electron chi connectivity index (χ2n) is 9.67. The van der Waals surface area contributed by atoms with E-state index in [0.717, 1.165) is 38.9 Å². The SMILES string of the molecule is CC1=C(C(=O)Nc2ccccc2)[C@H](c2cc(C)ccc2C)N2C(CC(=O)NCCc3ccccn3)=CSC2=N1. The number of hydrogen-bond acceptors (Lipinski definition) is 6. The zero-order valence-electron chi connectivity index (χ0n) is 22.3. The fraction of sp³-hybridized carbons (Fsp3) is 0.226. The van der Waals surface area contributed by atoms with Crippen LogP contribution in [-0.4, -0.2) is 33.4 Å². The Morgan fingerprint density at radius 2 is 1.79 bits per heavy atom. The third kappa shape index (κ3) is 5.96. The van der Waals surface area contributed by atoms with Gasteiger partial charge in [0.15, 0.2) is 5.17 Å². The number of aromatic nitrogens is 1. The topological polar surface area (TPSA) is 86.7 Å². The lowest BCUT2D eigenvalue weighted by molar-refractivity contribution is -0.120. The van der Waals surface area contributed by atoms with Gasteiger partial charge in [-0.25, -0.2) is 4.99 Å². The number of amidine groups is 1. The number of carbonyl (C=O) groups is 2. The Bertz CT molecular complexity index is 1480. The van der Waals surface area contributed by atoms with E-state index in [2.05, 4.69) is 45.6 Å². The molecule has 7 nitrogen and oxygen atoms in total. The van der Waals surface area contributed by atoms with E-state index < -0.39 is 6.04 Å². The van der Waals surface area contributed by atoms with Crippen LogP contribution in [0.5, 0.6) is 0 Å². The van der Waals surface area contributed by atoms with Crippen molar-refractivity contribution >= 4 is 34.4 Å². The van der Waals surface area contributed by atoms with Gasteiger partial charge in [-0.15, -0.1) is 0 Å². The first-order chi connectivity index (χ1) is 18.9. The number of aryl methyl sites for hydroxylation is 2. The summed E-state index contributed by atoms with van der Waals surface area (Å²) < 4.78 is 0. The lowest BCUT2D eigenvalue weighted by Crippen LogP contribution is -2.39. The fourth-order valence-corrected chi connectivity index (χ4v) is 5.80. The minimum Gasteiger partial charge on any atom is -0.355 e. The standard InChI is InChI=1S/C31H31N5O2S/c1-20-12-13-21(2)26(17-20)29-28(30(38)35-24-10-5-4-6-11-24)22(3)34-31-36(29)25(19-39-31)18-27(37)33-16-14-23-9-7-8-15-32-23/h4-13,15,17,19,29H,14,16,18H2,1-3H3,(H,33,37)(H,35,38)/t29-/m0/s1. The van der Waals surface area contributed by atoms with Gasteiger partial charge >= 0.3 is 0 Å². The lowest BCUT2D eigenvalue weighted by Gasteiger charge is -2.37. The predicted octanol–water partition coefficient (Wildman–Crippen LogP) is 5.66. The zero-order chi connectivity index (χ0) is 27.4. The molecule has 39 heavy (non-hydrogen) atoms. The first-order valence-corrected chi connectivity index (χ1v) is 13.8. The van der Waals surface area contributed by atoms with E-state index in [1.54, 1.807) is 6.20 Å². The maximum Gasteiger partial charge on any atom is 0.255 e. The molecule has 8 heteroatoms. The minimum absolute atomic E-state index is 0.0830. The maximum absolute atomic E-state index is 13.8.